The molecule has 0 aromatic heterocycles. The van der Waals surface area contributed by atoms with Crippen molar-refractivity contribution in [1.29, 1.82) is 0 Å². The topological polar surface area (TPSA) is 84.5 Å². The van der Waals surface area contributed by atoms with Crippen LogP contribution in [0.15, 0.2) is 115 Å². The maximum Gasteiger partial charge on any atom is 0.408 e. The van der Waals surface area contributed by atoms with Crippen LogP contribution in [0.3, 0.4) is 0 Å². The number of nitrogens with one attached hydrogen (secondary N) is 2. The summed E-state index contributed by atoms with van der Waals surface area (Å²) >= 11 is 1.53. The minimum Gasteiger partial charge on any atom is -0.445 e. The molecule has 0 bridgehead atoms. The second-order valence-corrected chi connectivity index (χ2v) is 13.1. The molecular weight excluding hydrogens is 580 g/mol. The number of benzene rings is 4. The molecule has 0 aliphatic rings. The monoisotopic (exact) mass is 622 g/mol. The molecule has 2 atom stereocenters. The average molecular weight is 623 g/mol. The van der Waals surface area contributed by atoms with Gasteiger partial charge in [-0.3, -0.25) is 9.59 Å². The van der Waals surface area contributed by atoms with E-state index in [0.717, 1.165) is 22.3 Å². The number of carbonyl (C=O) groups is 3. The third-order valence-corrected chi connectivity index (χ3v) is 8.45. The number of carbonyl (C=O) groups excluding carboxylic acids is 3. The van der Waals surface area contributed by atoms with Gasteiger partial charge in [-0.1, -0.05) is 136 Å². The Morgan fingerprint density at radius 2 is 1.16 bits per heavy atom. The number of thioether (sulfide) groups is 1. The average Bonchev–Trinajstić information content (AvgIpc) is 3.04. The van der Waals surface area contributed by atoms with Crippen LogP contribution in [-0.4, -0.2) is 35.6 Å². The van der Waals surface area contributed by atoms with Crippen LogP contribution in [0.25, 0.3) is 0 Å². The molecule has 0 saturated carbocycles. The number of hydrogen-bond donors (Lipinski definition) is 2. The van der Waals surface area contributed by atoms with Crippen molar-refractivity contribution < 1.29 is 19.1 Å². The molecule has 0 unspecified atom stereocenters. The highest BCUT2D eigenvalue weighted by Crippen LogP contribution is 2.23. The molecule has 4 aromatic rings. The highest BCUT2D eigenvalue weighted by Gasteiger charge is 2.28. The number of hydrogen-bond acceptors (Lipinski definition) is 5. The molecule has 0 aliphatic heterocycles. The number of rotatable bonds is 14. The largest absolute Gasteiger partial charge is 0.445 e. The lowest BCUT2D eigenvalue weighted by Gasteiger charge is -2.23. The number of Topliss-reactive ketones (excluding diaryl/α,β-unsaturated/α-hetero) is 1. The maximum atomic E-state index is 13.7. The Hall–Kier alpha value is -4.36. The standard InChI is InChI=1S/C38H42N2O4S/c1-38(2,3)32-21-19-31(20-22-32)26-45-27-35(41)33(23-28-13-7-4-8-14-28)39-36(42)34(24-29-15-9-5-10-16-29)40-37(43)44-25-30-17-11-6-12-18-30/h4-22,33-34H,23-27H2,1-3H3,(H,39,42)(H,40,43)/t33-,34-/m0/s1. The molecule has 4 rings (SSSR count). The predicted molar refractivity (Wildman–Crippen MR) is 182 cm³/mol. The lowest BCUT2D eigenvalue weighted by Crippen LogP contribution is -2.53. The summed E-state index contributed by atoms with van der Waals surface area (Å²) < 4.78 is 5.42. The molecule has 0 heterocycles. The molecule has 7 heteroatoms. The SMILES string of the molecule is CC(C)(C)c1ccc(CSCC(=O)[C@H](Cc2ccccc2)NC(=O)[C@H](Cc2ccccc2)NC(=O)OCc2ccccc2)cc1. The van der Waals surface area contributed by atoms with E-state index in [2.05, 4.69) is 55.7 Å². The van der Waals surface area contributed by atoms with Crippen LogP contribution < -0.4 is 10.6 Å². The van der Waals surface area contributed by atoms with Crippen molar-refractivity contribution in [3.8, 4) is 0 Å². The molecule has 0 radical (unpaired) electrons. The molecule has 234 valence electrons. The zero-order valence-electron chi connectivity index (χ0n) is 26.2. The molecule has 45 heavy (non-hydrogen) atoms. The maximum absolute atomic E-state index is 13.7. The first-order chi connectivity index (χ1) is 21.7. The first-order valence-electron chi connectivity index (χ1n) is 15.2. The minimum atomic E-state index is -0.935. The Bertz CT molecular complexity index is 1500. The summed E-state index contributed by atoms with van der Waals surface area (Å²) in [7, 11) is 0. The van der Waals surface area contributed by atoms with Crippen molar-refractivity contribution in [2.75, 3.05) is 5.75 Å². The Balaban J connectivity index is 1.43. The van der Waals surface area contributed by atoms with Gasteiger partial charge in [-0.2, -0.15) is 0 Å². The van der Waals surface area contributed by atoms with Crippen molar-refractivity contribution in [1.82, 2.24) is 10.6 Å². The van der Waals surface area contributed by atoms with E-state index < -0.39 is 24.1 Å². The number of ketones is 1. The van der Waals surface area contributed by atoms with Crippen molar-refractivity contribution >= 4 is 29.5 Å². The van der Waals surface area contributed by atoms with E-state index in [9.17, 15) is 14.4 Å². The van der Waals surface area contributed by atoms with E-state index in [-0.39, 0.29) is 30.0 Å². The third-order valence-electron chi connectivity index (χ3n) is 7.42. The van der Waals surface area contributed by atoms with Crippen LogP contribution in [0.5, 0.6) is 0 Å². The van der Waals surface area contributed by atoms with Crippen LogP contribution in [0, 0.1) is 0 Å². The Labute approximate surface area is 271 Å². The molecule has 2 N–H and O–H groups in total. The van der Waals surface area contributed by atoms with Gasteiger partial charge in [0.05, 0.1) is 11.8 Å². The first-order valence-corrected chi connectivity index (χ1v) is 16.4. The van der Waals surface area contributed by atoms with Crippen molar-refractivity contribution in [3.05, 3.63) is 143 Å². The van der Waals surface area contributed by atoms with Gasteiger partial charge in [-0.15, -0.1) is 11.8 Å². The summed E-state index contributed by atoms with van der Waals surface area (Å²) in [6, 6.07) is 35.2. The lowest BCUT2D eigenvalue weighted by molar-refractivity contribution is -0.128. The van der Waals surface area contributed by atoms with Gasteiger partial charge < -0.3 is 15.4 Å². The van der Waals surface area contributed by atoms with Gasteiger partial charge in [0, 0.05) is 12.2 Å². The highest BCUT2D eigenvalue weighted by atomic mass is 32.2. The van der Waals surface area contributed by atoms with E-state index in [1.54, 1.807) is 0 Å². The Morgan fingerprint density at radius 1 is 0.644 bits per heavy atom. The normalized spacial score (nSPS) is 12.5. The molecular formula is C38H42N2O4S. The van der Waals surface area contributed by atoms with E-state index in [4.69, 9.17) is 4.74 Å². The summed E-state index contributed by atoms with van der Waals surface area (Å²) in [5.41, 5.74) is 5.14. The van der Waals surface area contributed by atoms with Gasteiger partial charge >= 0.3 is 6.09 Å². The van der Waals surface area contributed by atoms with Gasteiger partial charge in [-0.25, -0.2) is 4.79 Å². The summed E-state index contributed by atoms with van der Waals surface area (Å²) in [6.07, 6.45) is -0.101. The predicted octanol–water partition coefficient (Wildman–Crippen LogP) is 7.05. The molecule has 0 aliphatic carbocycles. The fourth-order valence-electron chi connectivity index (χ4n) is 4.80. The fraction of sp³-hybridized carbons (Fsp3) is 0.289. The van der Waals surface area contributed by atoms with Gasteiger partial charge in [-0.05, 0) is 39.7 Å². The molecule has 0 fully saturated rings. The van der Waals surface area contributed by atoms with Crippen LogP contribution in [0.4, 0.5) is 4.79 Å². The van der Waals surface area contributed by atoms with Gasteiger partial charge in [0.15, 0.2) is 5.78 Å². The quantitative estimate of drug-likeness (QED) is 0.157. The zero-order chi connectivity index (χ0) is 32.1. The molecule has 4 aromatic carbocycles. The second-order valence-electron chi connectivity index (χ2n) is 12.1. The van der Waals surface area contributed by atoms with Crippen LogP contribution >= 0.6 is 11.8 Å². The minimum absolute atomic E-state index is 0.0753. The number of alkyl carbamates (subject to hydrolysis) is 1. The smallest absolute Gasteiger partial charge is 0.408 e. The van der Waals surface area contributed by atoms with E-state index in [0.29, 0.717) is 12.2 Å². The zero-order valence-corrected chi connectivity index (χ0v) is 27.0. The summed E-state index contributed by atoms with van der Waals surface area (Å²) in [5.74, 6) is 0.420. The molecule has 6 nitrogen and oxygen atoms in total. The molecule has 2 amide bonds. The highest BCUT2D eigenvalue weighted by molar-refractivity contribution is 7.99. The van der Waals surface area contributed by atoms with E-state index in [1.807, 2.05) is 91.0 Å². The molecule has 0 spiro atoms. The second kappa shape index (κ2) is 16.6. The first kappa shape index (κ1) is 33.5. The molecule has 0 saturated heterocycles. The number of ether oxygens (including phenoxy) is 1. The fourth-order valence-corrected chi connectivity index (χ4v) is 5.74. The van der Waals surface area contributed by atoms with Crippen LogP contribution in [-0.2, 0) is 44.9 Å². The van der Waals surface area contributed by atoms with E-state index >= 15 is 0 Å². The Morgan fingerprint density at radius 3 is 1.69 bits per heavy atom. The number of amides is 2. The van der Waals surface area contributed by atoms with Gasteiger partial charge in [0.1, 0.15) is 12.6 Å². The summed E-state index contributed by atoms with van der Waals surface area (Å²) in [4.78, 5) is 40.1. The summed E-state index contributed by atoms with van der Waals surface area (Å²) in [5, 5.41) is 5.70. The van der Waals surface area contributed by atoms with Crippen molar-refractivity contribution in [3.63, 3.8) is 0 Å². The van der Waals surface area contributed by atoms with Gasteiger partial charge in [0.2, 0.25) is 5.91 Å². The van der Waals surface area contributed by atoms with Crippen molar-refractivity contribution in [2.45, 2.75) is 63.5 Å². The summed E-state index contributed by atoms with van der Waals surface area (Å²) in [6.45, 7) is 6.64. The lowest BCUT2D eigenvalue weighted by atomic mass is 9.87. The van der Waals surface area contributed by atoms with Crippen LogP contribution in [0.1, 0.15) is 48.6 Å². The van der Waals surface area contributed by atoms with Crippen molar-refractivity contribution in [2.24, 2.45) is 0 Å². The van der Waals surface area contributed by atoms with E-state index in [1.165, 1.54) is 17.3 Å². The third kappa shape index (κ3) is 11.3. The van der Waals surface area contributed by atoms with Gasteiger partial charge in [0.25, 0.3) is 0 Å². The van der Waals surface area contributed by atoms with Crippen LogP contribution in [0.2, 0.25) is 0 Å². The Kier molecular flexibility index (Phi) is 12.4.